The summed E-state index contributed by atoms with van der Waals surface area (Å²) in [6, 6.07) is 7.32. The van der Waals surface area contributed by atoms with E-state index in [9.17, 15) is 4.79 Å². The summed E-state index contributed by atoms with van der Waals surface area (Å²) in [6.07, 6.45) is 5.56. The molecule has 0 saturated carbocycles. The van der Waals surface area contributed by atoms with Gasteiger partial charge in [-0.2, -0.15) is 0 Å². The number of furan rings is 1. The zero-order chi connectivity index (χ0) is 12.4. The fraction of sp³-hybridized carbons (Fsp3) is 0. The monoisotopic (exact) mass is 240 g/mol. The van der Waals surface area contributed by atoms with Crippen molar-refractivity contribution in [3.05, 3.63) is 54.8 Å². The van der Waals surface area contributed by atoms with Crippen LogP contribution in [0.25, 0.3) is 11.0 Å². The standard InChI is InChI=1S/C13H8N2O3/c16-13(9-5-14-8-15-6-9)18-12-7-17-11-4-2-1-3-10(11)12/h1-8H. The van der Waals surface area contributed by atoms with E-state index >= 15 is 0 Å². The molecule has 0 radical (unpaired) electrons. The van der Waals surface area contributed by atoms with E-state index in [1.54, 1.807) is 6.07 Å². The van der Waals surface area contributed by atoms with Crippen LogP contribution in [0.1, 0.15) is 10.4 Å². The second kappa shape index (κ2) is 4.29. The van der Waals surface area contributed by atoms with Crippen LogP contribution >= 0.6 is 0 Å². The minimum atomic E-state index is -0.512. The number of benzene rings is 1. The maximum atomic E-state index is 11.8. The highest BCUT2D eigenvalue weighted by molar-refractivity contribution is 5.93. The molecule has 2 heterocycles. The van der Waals surface area contributed by atoms with Gasteiger partial charge in [0.25, 0.3) is 0 Å². The third-order valence-electron chi connectivity index (χ3n) is 2.44. The van der Waals surface area contributed by atoms with Crippen molar-refractivity contribution in [1.29, 1.82) is 0 Å². The number of carbonyl (C=O) groups excluding carboxylic acids is 1. The molecule has 0 aliphatic heterocycles. The van der Waals surface area contributed by atoms with Crippen molar-refractivity contribution in [1.82, 2.24) is 9.97 Å². The molecule has 0 N–H and O–H groups in total. The normalized spacial score (nSPS) is 10.4. The van der Waals surface area contributed by atoms with Gasteiger partial charge in [-0.25, -0.2) is 14.8 Å². The molecule has 5 nitrogen and oxygen atoms in total. The van der Waals surface area contributed by atoms with Gasteiger partial charge >= 0.3 is 5.97 Å². The summed E-state index contributed by atoms with van der Waals surface area (Å²) in [7, 11) is 0. The molecule has 0 bridgehead atoms. The SMILES string of the molecule is O=C(Oc1coc2ccccc12)c1cncnc1. The largest absolute Gasteiger partial charge is 0.460 e. The Morgan fingerprint density at radius 1 is 1.17 bits per heavy atom. The van der Waals surface area contributed by atoms with Gasteiger partial charge in [0, 0.05) is 12.4 Å². The number of fused-ring (bicyclic) bond motifs is 1. The summed E-state index contributed by atoms with van der Waals surface area (Å²) < 4.78 is 10.5. The maximum Gasteiger partial charge on any atom is 0.346 e. The van der Waals surface area contributed by atoms with Gasteiger partial charge in [-0.3, -0.25) is 0 Å². The van der Waals surface area contributed by atoms with Crippen LogP contribution in [0.3, 0.4) is 0 Å². The highest BCUT2D eigenvalue weighted by atomic mass is 16.5. The Kier molecular flexibility index (Phi) is 2.49. The average molecular weight is 240 g/mol. The molecule has 3 rings (SSSR count). The number of rotatable bonds is 2. The lowest BCUT2D eigenvalue weighted by Gasteiger charge is -2.00. The van der Waals surface area contributed by atoms with E-state index in [-0.39, 0.29) is 0 Å². The molecule has 0 unspecified atom stereocenters. The Balaban J connectivity index is 1.91. The van der Waals surface area contributed by atoms with E-state index in [0.29, 0.717) is 16.9 Å². The number of para-hydroxylation sites is 1. The molecule has 0 aliphatic carbocycles. The summed E-state index contributed by atoms with van der Waals surface area (Å²) >= 11 is 0. The smallest absolute Gasteiger partial charge is 0.346 e. The number of hydrogen-bond donors (Lipinski definition) is 0. The summed E-state index contributed by atoms with van der Waals surface area (Å²) in [5.74, 6) is -0.124. The first-order valence-electron chi connectivity index (χ1n) is 5.28. The fourth-order valence-corrected chi connectivity index (χ4v) is 1.60. The van der Waals surface area contributed by atoms with E-state index in [0.717, 1.165) is 5.39 Å². The van der Waals surface area contributed by atoms with Gasteiger partial charge in [0.15, 0.2) is 5.75 Å². The predicted octanol–water partition coefficient (Wildman–Crippen LogP) is 2.44. The highest BCUT2D eigenvalue weighted by Gasteiger charge is 2.13. The van der Waals surface area contributed by atoms with Gasteiger partial charge < -0.3 is 9.15 Å². The summed E-state index contributed by atoms with van der Waals surface area (Å²) in [4.78, 5) is 19.3. The van der Waals surface area contributed by atoms with Crippen LogP contribution in [0.5, 0.6) is 5.75 Å². The molecule has 18 heavy (non-hydrogen) atoms. The van der Waals surface area contributed by atoms with Crippen molar-refractivity contribution < 1.29 is 13.9 Å². The lowest BCUT2D eigenvalue weighted by atomic mass is 10.2. The molecule has 0 saturated heterocycles. The van der Waals surface area contributed by atoms with Crippen molar-refractivity contribution in [2.24, 2.45) is 0 Å². The van der Waals surface area contributed by atoms with Crippen molar-refractivity contribution in [3.63, 3.8) is 0 Å². The van der Waals surface area contributed by atoms with E-state index in [1.165, 1.54) is 25.0 Å². The maximum absolute atomic E-state index is 11.8. The van der Waals surface area contributed by atoms with Crippen molar-refractivity contribution >= 4 is 16.9 Å². The first-order valence-corrected chi connectivity index (χ1v) is 5.28. The number of aromatic nitrogens is 2. The lowest BCUT2D eigenvalue weighted by molar-refractivity contribution is 0.0734. The third-order valence-corrected chi connectivity index (χ3v) is 2.44. The van der Waals surface area contributed by atoms with Crippen molar-refractivity contribution in [3.8, 4) is 5.75 Å². The van der Waals surface area contributed by atoms with Crippen LogP contribution < -0.4 is 4.74 Å². The molecule has 0 atom stereocenters. The Labute approximate surface area is 102 Å². The van der Waals surface area contributed by atoms with Crippen LogP contribution in [0.15, 0.2) is 53.7 Å². The van der Waals surface area contributed by atoms with E-state index in [1.807, 2.05) is 18.2 Å². The molecular formula is C13H8N2O3. The molecule has 0 fully saturated rings. The lowest BCUT2D eigenvalue weighted by Crippen LogP contribution is -2.08. The number of hydrogen-bond acceptors (Lipinski definition) is 5. The zero-order valence-electron chi connectivity index (χ0n) is 9.24. The first kappa shape index (κ1) is 10.5. The quantitative estimate of drug-likeness (QED) is 0.643. The van der Waals surface area contributed by atoms with Crippen molar-refractivity contribution in [2.45, 2.75) is 0 Å². The zero-order valence-corrected chi connectivity index (χ0v) is 9.24. The van der Waals surface area contributed by atoms with Gasteiger partial charge in [0.1, 0.15) is 18.2 Å². The van der Waals surface area contributed by atoms with Crippen LogP contribution in [0.4, 0.5) is 0 Å². The first-order chi connectivity index (χ1) is 8.84. The van der Waals surface area contributed by atoms with Gasteiger partial charge in [-0.1, -0.05) is 12.1 Å². The second-order valence-corrected chi connectivity index (χ2v) is 3.61. The third kappa shape index (κ3) is 1.82. The predicted molar refractivity (Wildman–Crippen MR) is 63.2 cm³/mol. The molecule has 0 amide bonds. The number of nitrogens with zero attached hydrogens (tertiary/aromatic N) is 2. The summed E-state index contributed by atoms with van der Waals surface area (Å²) in [6.45, 7) is 0. The molecular weight excluding hydrogens is 232 g/mol. The molecule has 0 aliphatic rings. The van der Waals surface area contributed by atoms with Crippen LogP contribution in [0.2, 0.25) is 0 Å². The van der Waals surface area contributed by atoms with E-state index < -0.39 is 5.97 Å². The summed E-state index contributed by atoms with van der Waals surface area (Å²) in [5.41, 5.74) is 0.965. The van der Waals surface area contributed by atoms with Gasteiger partial charge in [0.05, 0.1) is 10.9 Å². The fourth-order valence-electron chi connectivity index (χ4n) is 1.60. The Hall–Kier alpha value is -2.69. The average Bonchev–Trinajstić information content (AvgIpc) is 2.83. The minimum Gasteiger partial charge on any atom is -0.460 e. The van der Waals surface area contributed by atoms with Gasteiger partial charge in [-0.05, 0) is 12.1 Å². The Morgan fingerprint density at radius 3 is 2.78 bits per heavy atom. The molecule has 88 valence electrons. The van der Waals surface area contributed by atoms with Crippen LogP contribution in [0, 0.1) is 0 Å². The van der Waals surface area contributed by atoms with E-state index in [2.05, 4.69) is 9.97 Å². The van der Waals surface area contributed by atoms with E-state index in [4.69, 9.17) is 9.15 Å². The van der Waals surface area contributed by atoms with Crippen molar-refractivity contribution in [2.75, 3.05) is 0 Å². The summed E-state index contributed by atoms with van der Waals surface area (Å²) in [5, 5.41) is 0.752. The Morgan fingerprint density at radius 2 is 1.94 bits per heavy atom. The molecule has 0 spiro atoms. The molecule has 1 aromatic carbocycles. The number of carbonyl (C=O) groups is 1. The molecule has 2 aromatic heterocycles. The topological polar surface area (TPSA) is 65.2 Å². The number of esters is 1. The molecule has 3 aromatic rings. The highest BCUT2D eigenvalue weighted by Crippen LogP contribution is 2.27. The second-order valence-electron chi connectivity index (χ2n) is 3.61. The van der Waals surface area contributed by atoms with Gasteiger partial charge in [0.2, 0.25) is 0 Å². The number of ether oxygens (including phenoxy) is 1. The van der Waals surface area contributed by atoms with Crippen LogP contribution in [-0.2, 0) is 0 Å². The Bertz CT molecular complexity index is 692. The molecule has 5 heteroatoms. The van der Waals surface area contributed by atoms with Gasteiger partial charge in [-0.15, -0.1) is 0 Å². The van der Waals surface area contributed by atoms with Crippen LogP contribution in [-0.4, -0.2) is 15.9 Å². The minimum absolute atomic E-state index is 0.294.